The summed E-state index contributed by atoms with van der Waals surface area (Å²) in [5.74, 6) is -0.364. The highest BCUT2D eigenvalue weighted by Gasteiger charge is 2.38. The largest absolute Gasteiger partial charge is 0.368 e. The van der Waals surface area contributed by atoms with Gasteiger partial charge in [0.15, 0.2) is 0 Å². The number of carbonyl (C=O) groups is 1. The van der Waals surface area contributed by atoms with E-state index in [0.717, 1.165) is 28.7 Å². The molecule has 28 heavy (non-hydrogen) atoms. The number of aromatic nitrogens is 2. The molecule has 1 atom stereocenters. The molecular formula is C23H26N4O. The molecule has 1 amide bonds. The predicted molar refractivity (Wildman–Crippen MR) is 111 cm³/mol. The van der Waals surface area contributed by atoms with E-state index in [0.29, 0.717) is 19.4 Å². The Morgan fingerprint density at radius 3 is 2.18 bits per heavy atom. The summed E-state index contributed by atoms with van der Waals surface area (Å²) in [4.78, 5) is 21.1. The Kier molecular flexibility index (Phi) is 6.50. The summed E-state index contributed by atoms with van der Waals surface area (Å²) in [5, 5.41) is 3.49. The molecule has 0 radical (unpaired) electrons. The molecule has 5 heteroatoms. The Labute approximate surface area is 166 Å². The van der Waals surface area contributed by atoms with Gasteiger partial charge in [-0.05, 0) is 60.6 Å². The second-order valence-corrected chi connectivity index (χ2v) is 6.98. The van der Waals surface area contributed by atoms with E-state index in [1.807, 2.05) is 67.8 Å². The minimum absolute atomic E-state index is 0.364. The molecule has 3 N–H and O–H groups in total. The van der Waals surface area contributed by atoms with Crippen LogP contribution in [-0.2, 0) is 23.2 Å². The number of nitrogens with two attached hydrogens (primary N) is 1. The zero-order valence-electron chi connectivity index (χ0n) is 16.1. The van der Waals surface area contributed by atoms with Gasteiger partial charge in [0.05, 0.1) is 0 Å². The van der Waals surface area contributed by atoms with Crippen LogP contribution in [0.15, 0.2) is 73.3 Å². The Morgan fingerprint density at radius 2 is 1.61 bits per heavy atom. The smallest absolute Gasteiger partial charge is 0.242 e. The first-order valence-electron chi connectivity index (χ1n) is 9.51. The summed E-state index contributed by atoms with van der Waals surface area (Å²) in [5.41, 5.74) is 9.21. The normalized spacial score (nSPS) is 13.0. The molecule has 0 saturated carbocycles. The van der Waals surface area contributed by atoms with Gasteiger partial charge in [-0.15, -0.1) is 0 Å². The third-order valence-electron chi connectivity index (χ3n) is 5.10. The lowest BCUT2D eigenvalue weighted by Gasteiger charge is -2.34. The second kappa shape index (κ2) is 9.24. The van der Waals surface area contributed by atoms with Crippen molar-refractivity contribution in [1.29, 1.82) is 0 Å². The highest BCUT2D eigenvalue weighted by molar-refractivity contribution is 5.86. The van der Waals surface area contributed by atoms with Gasteiger partial charge in [-0.25, -0.2) is 0 Å². The Hall–Kier alpha value is -3.05. The summed E-state index contributed by atoms with van der Waals surface area (Å²) in [6.45, 7) is 2.63. The standard InChI is InChI=1S/C23H26N4O/c1-18-6-2-3-9-21(18)23(22(24)28,12-10-19-7-4-13-25-16-19)27-15-11-20-8-5-14-26-17-20/h2-9,13-14,16-17,27H,10-12,15H2,1H3,(H2,24,28). The van der Waals surface area contributed by atoms with Crippen molar-refractivity contribution in [3.63, 3.8) is 0 Å². The van der Waals surface area contributed by atoms with Gasteiger partial charge in [0.25, 0.3) is 0 Å². The molecule has 1 aromatic carbocycles. The number of amides is 1. The predicted octanol–water partition coefficient (Wildman–Crippen LogP) is 2.93. The highest BCUT2D eigenvalue weighted by atomic mass is 16.1. The molecule has 0 aliphatic heterocycles. The van der Waals surface area contributed by atoms with Crippen molar-refractivity contribution < 1.29 is 4.79 Å². The number of hydrogen-bond acceptors (Lipinski definition) is 4. The van der Waals surface area contributed by atoms with Crippen LogP contribution < -0.4 is 11.1 Å². The summed E-state index contributed by atoms with van der Waals surface area (Å²) in [6, 6.07) is 15.8. The van der Waals surface area contributed by atoms with Crippen LogP contribution in [0.1, 0.15) is 28.7 Å². The Morgan fingerprint density at radius 1 is 0.964 bits per heavy atom. The molecule has 144 valence electrons. The minimum atomic E-state index is -0.941. The maximum Gasteiger partial charge on any atom is 0.242 e. The van der Waals surface area contributed by atoms with Gasteiger partial charge < -0.3 is 5.73 Å². The summed E-state index contributed by atoms with van der Waals surface area (Å²) in [7, 11) is 0. The van der Waals surface area contributed by atoms with E-state index in [2.05, 4.69) is 15.3 Å². The van der Waals surface area contributed by atoms with Crippen molar-refractivity contribution in [3.05, 3.63) is 95.6 Å². The van der Waals surface area contributed by atoms with Gasteiger partial charge >= 0.3 is 0 Å². The third kappa shape index (κ3) is 4.61. The van der Waals surface area contributed by atoms with Gasteiger partial charge in [0.1, 0.15) is 5.54 Å². The van der Waals surface area contributed by atoms with Crippen molar-refractivity contribution in [3.8, 4) is 0 Å². The average molecular weight is 374 g/mol. The van der Waals surface area contributed by atoms with E-state index in [1.165, 1.54) is 0 Å². The van der Waals surface area contributed by atoms with Crippen molar-refractivity contribution in [2.24, 2.45) is 5.73 Å². The summed E-state index contributed by atoms with van der Waals surface area (Å²) < 4.78 is 0. The number of benzene rings is 1. The van der Waals surface area contributed by atoms with Crippen LogP contribution in [0.5, 0.6) is 0 Å². The summed E-state index contributed by atoms with van der Waals surface area (Å²) >= 11 is 0. The first-order chi connectivity index (χ1) is 13.6. The van der Waals surface area contributed by atoms with Gasteiger partial charge in [-0.3, -0.25) is 20.1 Å². The van der Waals surface area contributed by atoms with E-state index >= 15 is 0 Å². The molecule has 5 nitrogen and oxygen atoms in total. The number of aryl methyl sites for hydroxylation is 2. The van der Waals surface area contributed by atoms with Crippen LogP contribution in [0.4, 0.5) is 0 Å². The zero-order chi connectivity index (χ0) is 19.8. The lowest BCUT2D eigenvalue weighted by molar-refractivity contribution is -0.125. The summed E-state index contributed by atoms with van der Waals surface area (Å²) in [6.07, 6.45) is 9.21. The highest BCUT2D eigenvalue weighted by Crippen LogP contribution is 2.29. The van der Waals surface area contributed by atoms with Gasteiger partial charge in [0, 0.05) is 31.3 Å². The number of nitrogens with one attached hydrogen (secondary N) is 1. The lowest BCUT2D eigenvalue weighted by Crippen LogP contribution is -2.54. The second-order valence-electron chi connectivity index (χ2n) is 6.98. The van der Waals surface area contributed by atoms with E-state index in [9.17, 15) is 4.79 Å². The zero-order valence-corrected chi connectivity index (χ0v) is 16.1. The molecule has 0 aliphatic carbocycles. The Bertz CT molecular complexity index is 899. The molecule has 0 saturated heterocycles. The van der Waals surface area contributed by atoms with E-state index in [4.69, 9.17) is 5.73 Å². The number of rotatable bonds is 9. The van der Waals surface area contributed by atoms with Crippen molar-refractivity contribution in [1.82, 2.24) is 15.3 Å². The third-order valence-corrected chi connectivity index (χ3v) is 5.10. The fraction of sp³-hybridized carbons (Fsp3) is 0.261. The molecule has 3 rings (SSSR count). The van der Waals surface area contributed by atoms with Crippen LogP contribution >= 0.6 is 0 Å². The average Bonchev–Trinajstić information content (AvgIpc) is 2.72. The maximum atomic E-state index is 12.8. The van der Waals surface area contributed by atoms with Crippen LogP contribution in [0, 0.1) is 6.92 Å². The van der Waals surface area contributed by atoms with E-state index in [1.54, 1.807) is 12.4 Å². The Balaban J connectivity index is 1.86. The van der Waals surface area contributed by atoms with Gasteiger partial charge in [0.2, 0.25) is 5.91 Å². The monoisotopic (exact) mass is 374 g/mol. The molecule has 3 aromatic rings. The number of carbonyl (C=O) groups excluding carboxylic acids is 1. The quantitative estimate of drug-likeness (QED) is 0.603. The first-order valence-corrected chi connectivity index (χ1v) is 9.51. The number of hydrogen-bond donors (Lipinski definition) is 2. The van der Waals surface area contributed by atoms with E-state index < -0.39 is 5.54 Å². The molecule has 0 fully saturated rings. The molecule has 0 spiro atoms. The van der Waals surface area contributed by atoms with Crippen molar-refractivity contribution in [2.45, 2.75) is 31.7 Å². The minimum Gasteiger partial charge on any atom is -0.368 e. The molecular weight excluding hydrogens is 348 g/mol. The van der Waals surface area contributed by atoms with Gasteiger partial charge in [-0.2, -0.15) is 0 Å². The van der Waals surface area contributed by atoms with Crippen LogP contribution in [-0.4, -0.2) is 22.4 Å². The van der Waals surface area contributed by atoms with Crippen LogP contribution in [0.25, 0.3) is 0 Å². The van der Waals surface area contributed by atoms with Crippen molar-refractivity contribution >= 4 is 5.91 Å². The molecule has 0 aliphatic rings. The molecule has 1 unspecified atom stereocenters. The fourth-order valence-electron chi connectivity index (χ4n) is 3.56. The first kappa shape index (κ1) is 19.7. The number of primary amides is 1. The van der Waals surface area contributed by atoms with Crippen LogP contribution in [0.2, 0.25) is 0 Å². The topological polar surface area (TPSA) is 80.9 Å². The van der Waals surface area contributed by atoms with Gasteiger partial charge in [-0.1, -0.05) is 36.4 Å². The molecule has 2 heterocycles. The molecule has 0 bridgehead atoms. The number of nitrogens with zero attached hydrogens (tertiary/aromatic N) is 2. The van der Waals surface area contributed by atoms with Crippen LogP contribution in [0.3, 0.4) is 0 Å². The lowest BCUT2D eigenvalue weighted by atomic mass is 9.81. The fourth-order valence-corrected chi connectivity index (χ4v) is 3.56. The number of pyridine rings is 2. The van der Waals surface area contributed by atoms with E-state index in [-0.39, 0.29) is 5.91 Å². The maximum absolute atomic E-state index is 12.8. The molecule has 2 aromatic heterocycles. The SMILES string of the molecule is Cc1ccccc1C(CCc1cccnc1)(NCCc1cccnc1)C(N)=O. The van der Waals surface area contributed by atoms with Crippen molar-refractivity contribution in [2.75, 3.05) is 6.54 Å².